The highest BCUT2D eigenvalue weighted by molar-refractivity contribution is 7.09. The maximum atomic E-state index is 10.5. The molecule has 1 aliphatic heterocycles. The molecule has 1 aromatic heterocycles. The van der Waals surface area contributed by atoms with Gasteiger partial charge in [-0.1, -0.05) is 0 Å². The van der Waals surface area contributed by atoms with Gasteiger partial charge in [-0.2, -0.15) is 0 Å². The summed E-state index contributed by atoms with van der Waals surface area (Å²) >= 11 is 1.61. The molecule has 4 nitrogen and oxygen atoms in total. The van der Waals surface area contributed by atoms with Crippen molar-refractivity contribution in [2.45, 2.75) is 6.54 Å². The first-order chi connectivity index (χ1) is 6.25. The van der Waals surface area contributed by atoms with Crippen molar-refractivity contribution in [1.29, 1.82) is 0 Å². The number of carboxylic acids is 1. The van der Waals surface area contributed by atoms with Gasteiger partial charge >= 0.3 is 5.97 Å². The first-order valence-electron chi connectivity index (χ1n) is 4.08. The van der Waals surface area contributed by atoms with Crippen molar-refractivity contribution in [1.82, 2.24) is 9.88 Å². The Labute approximate surface area is 79.8 Å². The monoisotopic (exact) mass is 198 g/mol. The molecule has 0 radical (unpaired) electrons. The first-order valence-corrected chi connectivity index (χ1v) is 4.96. The number of hydrogen-bond donors (Lipinski definition) is 1. The zero-order chi connectivity index (χ0) is 9.26. The minimum absolute atomic E-state index is 0.159. The Kier molecular flexibility index (Phi) is 2.28. The topological polar surface area (TPSA) is 53.4 Å². The van der Waals surface area contributed by atoms with Crippen LogP contribution in [0.2, 0.25) is 0 Å². The molecule has 0 aromatic carbocycles. The zero-order valence-corrected chi connectivity index (χ0v) is 7.83. The van der Waals surface area contributed by atoms with Crippen molar-refractivity contribution >= 4 is 17.3 Å². The van der Waals surface area contributed by atoms with Crippen molar-refractivity contribution in [2.75, 3.05) is 13.1 Å². The molecule has 1 aliphatic rings. The lowest BCUT2D eigenvalue weighted by Crippen LogP contribution is -2.49. The summed E-state index contributed by atoms with van der Waals surface area (Å²) in [6, 6.07) is 0. The Morgan fingerprint density at radius 1 is 1.77 bits per heavy atom. The van der Waals surface area contributed by atoms with Crippen LogP contribution < -0.4 is 0 Å². The Bertz CT molecular complexity index is 293. The van der Waals surface area contributed by atoms with E-state index in [9.17, 15) is 4.79 Å². The number of aromatic nitrogens is 1. The van der Waals surface area contributed by atoms with E-state index in [0.717, 1.165) is 6.54 Å². The van der Waals surface area contributed by atoms with Crippen LogP contribution in [0.5, 0.6) is 0 Å². The number of aliphatic carboxylic acids is 1. The van der Waals surface area contributed by atoms with Crippen LogP contribution >= 0.6 is 11.3 Å². The van der Waals surface area contributed by atoms with Gasteiger partial charge in [0.2, 0.25) is 0 Å². The number of nitrogens with zero attached hydrogens (tertiary/aromatic N) is 2. The molecule has 0 aliphatic carbocycles. The summed E-state index contributed by atoms with van der Waals surface area (Å²) < 4.78 is 0. The third-order valence-electron chi connectivity index (χ3n) is 2.17. The highest BCUT2D eigenvalue weighted by atomic mass is 32.1. The molecule has 0 spiro atoms. The molecule has 2 rings (SSSR count). The lowest BCUT2D eigenvalue weighted by atomic mass is 10.0. The summed E-state index contributed by atoms with van der Waals surface area (Å²) in [5.74, 6) is -0.839. The number of rotatable bonds is 3. The molecular weight excluding hydrogens is 188 g/mol. The van der Waals surface area contributed by atoms with Gasteiger partial charge in [0.25, 0.3) is 0 Å². The lowest BCUT2D eigenvalue weighted by Gasteiger charge is -2.36. The van der Waals surface area contributed by atoms with Gasteiger partial charge in [0.1, 0.15) is 0 Å². The van der Waals surface area contributed by atoms with Crippen LogP contribution in [0.4, 0.5) is 0 Å². The van der Waals surface area contributed by atoms with Crippen LogP contribution in [0.1, 0.15) is 4.88 Å². The normalized spacial score (nSPS) is 18.5. The smallest absolute Gasteiger partial charge is 0.309 e. The van der Waals surface area contributed by atoms with E-state index in [0.29, 0.717) is 13.1 Å². The number of likely N-dealkylation sites (tertiary alicyclic amines) is 1. The third-order valence-corrected chi connectivity index (χ3v) is 2.93. The van der Waals surface area contributed by atoms with Crippen molar-refractivity contribution < 1.29 is 9.90 Å². The van der Waals surface area contributed by atoms with Crippen LogP contribution in [0, 0.1) is 5.92 Å². The quantitative estimate of drug-likeness (QED) is 0.775. The first kappa shape index (κ1) is 8.65. The predicted octanol–water partition coefficient (Wildman–Crippen LogP) is 0.659. The van der Waals surface area contributed by atoms with Gasteiger partial charge in [-0.15, -0.1) is 11.3 Å². The summed E-state index contributed by atoms with van der Waals surface area (Å²) in [4.78, 5) is 17.8. The number of hydrogen-bond acceptors (Lipinski definition) is 4. The van der Waals surface area contributed by atoms with Gasteiger partial charge in [-0.05, 0) is 0 Å². The molecule has 0 atom stereocenters. The summed E-state index contributed by atoms with van der Waals surface area (Å²) in [6.45, 7) is 2.19. The van der Waals surface area contributed by atoms with Crippen molar-refractivity contribution in [3.05, 3.63) is 16.6 Å². The van der Waals surface area contributed by atoms with E-state index < -0.39 is 5.97 Å². The lowest BCUT2D eigenvalue weighted by molar-refractivity contribution is -0.147. The summed E-state index contributed by atoms with van der Waals surface area (Å²) in [6.07, 6.45) is 1.83. The van der Waals surface area contributed by atoms with E-state index in [-0.39, 0.29) is 5.92 Å². The molecule has 1 N–H and O–H groups in total. The molecule has 0 saturated carbocycles. The molecule has 70 valence electrons. The summed E-state index contributed by atoms with van der Waals surface area (Å²) in [5.41, 5.74) is 1.80. The Balaban J connectivity index is 1.79. The molecule has 0 unspecified atom stereocenters. The van der Waals surface area contributed by atoms with Crippen molar-refractivity contribution in [3.63, 3.8) is 0 Å². The maximum absolute atomic E-state index is 10.5. The fraction of sp³-hybridized carbons (Fsp3) is 0.500. The van der Waals surface area contributed by atoms with Gasteiger partial charge < -0.3 is 5.11 Å². The zero-order valence-electron chi connectivity index (χ0n) is 7.01. The number of carboxylic acid groups (broad SMARTS) is 1. The molecule has 2 heterocycles. The van der Waals surface area contributed by atoms with Gasteiger partial charge in [0, 0.05) is 30.7 Å². The number of thiazole rings is 1. The maximum Gasteiger partial charge on any atom is 0.309 e. The molecule has 1 saturated heterocycles. The van der Waals surface area contributed by atoms with Gasteiger partial charge in [0.15, 0.2) is 0 Å². The second kappa shape index (κ2) is 3.43. The molecule has 5 heteroatoms. The third kappa shape index (κ3) is 1.87. The number of carbonyl (C=O) groups is 1. The van der Waals surface area contributed by atoms with E-state index in [1.54, 1.807) is 16.8 Å². The molecule has 0 amide bonds. The molecule has 0 bridgehead atoms. The SMILES string of the molecule is O=C(O)C1CN(Cc2cncs2)C1. The molecule has 13 heavy (non-hydrogen) atoms. The van der Waals surface area contributed by atoms with Crippen LogP contribution in [0.3, 0.4) is 0 Å². The highest BCUT2D eigenvalue weighted by Crippen LogP contribution is 2.19. The van der Waals surface area contributed by atoms with Crippen LogP contribution in [-0.2, 0) is 11.3 Å². The van der Waals surface area contributed by atoms with Crippen molar-refractivity contribution in [2.24, 2.45) is 5.92 Å². The van der Waals surface area contributed by atoms with Crippen LogP contribution in [0.25, 0.3) is 0 Å². The average Bonchev–Trinajstić information content (AvgIpc) is 2.46. The van der Waals surface area contributed by atoms with E-state index in [1.807, 2.05) is 6.20 Å². The van der Waals surface area contributed by atoms with E-state index in [1.165, 1.54) is 4.88 Å². The Morgan fingerprint density at radius 2 is 2.54 bits per heavy atom. The molecular formula is C8H10N2O2S. The van der Waals surface area contributed by atoms with Crippen LogP contribution in [0.15, 0.2) is 11.7 Å². The Hall–Kier alpha value is -0.940. The minimum atomic E-state index is -0.680. The molecule has 1 fully saturated rings. The fourth-order valence-corrected chi connectivity index (χ4v) is 2.03. The van der Waals surface area contributed by atoms with Gasteiger partial charge in [-0.3, -0.25) is 14.7 Å². The summed E-state index contributed by atoms with van der Waals surface area (Å²) in [5, 5.41) is 8.64. The predicted molar refractivity (Wildman–Crippen MR) is 48.5 cm³/mol. The standard InChI is InChI=1S/C8H10N2O2S/c11-8(12)6-2-10(3-6)4-7-1-9-5-13-7/h1,5-6H,2-4H2,(H,11,12). The van der Waals surface area contributed by atoms with Crippen LogP contribution in [-0.4, -0.2) is 34.0 Å². The van der Waals surface area contributed by atoms with Gasteiger partial charge in [-0.25, -0.2) is 0 Å². The second-order valence-electron chi connectivity index (χ2n) is 3.20. The average molecular weight is 198 g/mol. The van der Waals surface area contributed by atoms with E-state index >= 15 is 0 Å². The van der Waals surface area contributed by atoms with Gasteiger partial charge in [0.05, 0.1) is 11.4 Å². The minimum Gasteiger partial charge on any atom is -0.481 e. The highest BCUT2D eigenvalue weighted by Gasteiger charge is 2.32. The summed E-state index contributed by atoms with van der Waals surface area (Å²) in [7, 11) is 0. The Morgan fingerprint density at radius 3 is 3.08 bits per heavy atom. The van der Waals surface area contributed by atoms with E-state index in [2.05, 4.69) is 9.88 Å². The molecule has 1 aromatic rings. The fourth-order valence-electron chi connectivity index (χ4n) is 1.40. The largest absolute Gasteiger partial charge is 0.481 e. The van der Waals surface area contributed by atoms with E-state index in [4.69, 9.17) is 5.11 Å². The van der Waals surface area contributed by atoms with Crippen molar-refractivity contribution in [3.8, 4) is 0 Å². The second-order valence-corrected chi connectivity index (χ2v) is 4.17.